The third kappa shape index (κ3) is 3.20. The van der Waals surface area contributed by atoms with E-state index in [2.05, 4.69) is 10.3 Å². The van der Waals surface area contributed by atoms with E-state index in [-0.39, 0.29) is 5.91 Å². The van der Waals surface area contributed by atoms with Crippen molar-refractivity contribution in [1.82, 2.24) is 9.38 Å². The number of nitrogens with one attached hydrogen (secondary N) is 1. The molecule has 0 saturated heterocycles. The maximum atomic E-state index is 12.9. The van der Waals surface area contributed by atoms with Gasteiger partial charge in [0.05, 0.1) is 25.6 Å². The lowest BCUT2D eigenvalue weighted by molar-refractivity contribution is 0.102. The Morgan fingerprint density at radius 3 is 2.57 bits per heavy atom. The zero-order valence-electron chi connectivity index (χ0n) is 15.7. The number of aromatic nitrogens is 2. The fourth-order valence-electron chi connectivity index (χ4n) is 3.00. The SMILES string of the molecule is COc1ccc(OC)c(NC(=O)c2sc3nc(-c4ccccc4)cn3c2C)c1. The van der Waals surface area contributed by atoms with Crippen LogP contribution in [-0.4, -0.2) is 29.5 Å². The largest absolute Gasteiger partial charge is 0.497 e. The molecule has 0 aliphatic heterocycles. The van der Waals surface area contributed by atoms with Gasteiger partial charge in [-0.1, -0.05) is 41.7 Å². The van der Waals surface area contributed by atoms with Crippen molar-refractivity contribution in [2.75, 3.05) is 19.5 Å². The molecule has 0 saturated carbocycles. The summed E-state index contributed by atoms with van der Waals surface area (Å²) in [6.45, 7) is 1.91. The van der Waals surface area contributed by atoms with Crippen LogP contribution in [0.3, 0.4) is 0 Å². The first kappa shape index (κ1) is 18.1. The number of hydrogen-bond donors (Lipinski definition) is 1. The number of methoxy groups -OCH3 is 2. The van der Waals surface area contributed by atoms with Crippen LogP contribution in [0.5, 0.6) is 11.5 Å². The zero-order valence-corrected chi connectivity index (χ0v) is 16.5. The Kier molecular flexibility index (Phi) is 4.75. The van der Waals surface area contributed by atoms with Gasteiger partial charge in [0.15, 0.2) is 4.96 Å². The first-order valence-electron chi connectivity index (χ1n) is 8.68. The smallest absolute Gasteiger partial charge is 0.267 e. The first-order chi connectivity index (χ1) is 13.6. The van der Waals surface area contributed by atoms with Crippen LogP contribution in [0.25, 0.3) is 16.2 Å². The lowest BCUT2D eigenvalue weighted by atomic mass is 10.2. The molecule has 1 amide bonds. The van der Waals surface area contributed by atoms with E-state index in [1.165, 1.54) is 11.3 Å². The lowest BCUT2D eigenvalue weighted by Gasteiger charge is -2.11. The summed E-state index contributed by atoms with van der Waals surface area (Å²) in [4.78, 5) is 18.9. The Morgan fingerprint density at radius 1 is 1.11 bits per heavy atom. The standard InChI is InChI=1S/C21H19N3O3S/c1-13-19(20(25)22-16-11-15(26-2)9-10-18(16)27-3)28-21-23-17(12-24(13)21)14-7-5-4-6-8-14/h4-12H,1-3H3,(H,22,25). The van der Waals surface area contributed by atoms with Crippen LogP contribution in [0.4, 0.5) is 5.69 Å². The second-order valence-corrected chi connectivity index (χ2v) is 7.16. The molecule has 1 N–H and O–H groups in total. The van der Waals surface area contributed by atoms with Gasteiger partial charge in [0.25, 0.3) is 5.91 Å². The van der Waals surface area contributed by atoms with E-state index in [9.17, 15) is 4.79 Å². The average molecular weight is 393 g/mol. The number of carbonyl (C=O) groups is 1. The molecule has 0 aliphatic carbocycles. The molecule has 0 aliphatic rings. The Labute approximate surface area is 166 Å². The van der Waals surface area contributed by atoms with Crippen LogP contribution in [0.1, 0.15) is 15.4 Å². The molecule has 0 unspecified atom stereocenters. The summed E-state index contributed by atoms with van der Waals surface area (Å²) in [7, 11) is 3.14. The third-order valence-corrected chi connectivity index (χ3v) is 5.64. The highest BCUT2D eigenvalue weighted by Gasteiger charge is 2.19. The number of amides is 1. The first-order valence-corrected chi connectivity index (χ1v) is 9.49. The van der Waals surface area contributed by atoms with Gasteiger partial charge in [-0.2, -0.15) is 0 Å². The number of ether oxygens (including phenoxy) is 2. The number of hydrogen-bond acceptors (Lipinski definition) is 5. The van der Waals surface area contributed by atoms with E-state index in [1.807, 2.05) is 47.9 Å². The van der Waals surface area contributed by atoms with Crippen LogP contribution >= 0.6 is 11.3 Å². The molecule has 0 atom stereocenters. The summed E-state index contributed by atoms with van der Waals surface area (Å²) in [6.07, 6.45) is 1.96. The van der Waals surface area contributed by atoms with Crippen molar-refractivity contribution < 1.29 is 14.3 Å². The highest BCUT2D eigenvalue weighted by atomic mass is 32.1. The second-order valence-electron chi connectivity index (χ2n) is 6.18. The molecule has 2 aromatic heterocycles. The molecule has 4 aromatic rings. The number of carbonyl (C=O) groups excluding carboxylic acids is 1. The zero-order chi connectivity index (χ0) is 19.7. The predicted molar refractivity (Wildman–Crippen MR) is 111 cm³/mol. The summed E-state index contributed by atoms with van der Waals surface area (Å²) in [6, 6.07) is 15.3. The van der Waals surface area contributed by atoms with E-state index in [0.29, 0.717) is 22.1 Å². The molecule has 0 radical (unpaired) electrons. The van der Waals surface area contributed by atoms with Crippen molar-refractivity contribution in [1.29, 1.82) is 0 Å². The van der Waals surface area contributed by atoms with Gasteiger partial charge in [0.1, 0.15) is 16.4 Å². The summed E-state index contributed by atoms with van der Waals surface area (Å²) in [5.41, 5.74) is 3.33. The van der Waals surface area contributed by atoms with Gasteiger partial charge in [-0.05, 0) is 19.1 Å². The van der Waals surface area contributed by atoms with Crippen molar-refractivity contribution >= 4 is 27.9 Å². The molecule has 7 heteroatoms. The van der Waals surface area contributed by atoms with Crippen LogP contribution in [-0.2, 0) is 0 Å². The molecule has 28 heavy (non-hydrogen) atoms. The van der Waals surface area contributed by atoms with Gasteiger partial charge in [-0.3, -0.25) is 9.20 Å². The third-order valence-electron chi connectivity index (χ3n) is 4.49. The van der Waals surface area contributed by atoms with Crippen molar-refractivity contribution in [3.8, 4) is 22.8 Å². The number of benzene rings is 2. The summed E-state index contributed by atoms with van der Waals surface area (Å²) in [5.74, 6) is 1.00. The monoisotopic (exact) mass is 393 g/mol. The molecule has 4 rings (SSSR count). The molecule has 6 nitrogen and oxygen atoms in total. The summed E-state index contributed by atoms with van der Waals surface area (Å²) < 4.78 is 12.5. The van der Waals surface area contributed by atoms with Gasteiger partial charge in [0, 0.05) is 23.5 Å². The number of rotatable bonds is 5. The van der Waals surface area contributed by atoms with Gasteiger partial charge in [0.2, 0.25) is 0 Å². The minimum Gasteiger partial charge on any atom is -0.497 e. The summed E-state index contributed by atoms with van der Waals surface area (Å²) in [5, 5.41) is 2.92. The second kappa shape index (κ2) is 7.36. The molecule has 2 heterocycles. The number of aryl methyl sites for hydroxylation is 1. The number of imidazole rings is 1. The van der Waals surface area contributed by atoms with Crippen LogP contribution in [0.2, 0.25) is 0 Å². The quantitative estimate of drug-likeness (QED) is 0.536. The van der Waals surface area contributed by atoms with E-state index >= 15 is 0 Å². The maximum absolute atomic E-state index is 12.9. The van der Waals surface area contributed by atoms with E-state index in [1.54, 1.807) is 32.4 Å². The fourth-order valence-corrected chi connectivity index (χ4v) is 4.00. The molecule has 0 fully saturated rings. The molecule has 0 bridgehead atoms. The van der Waals surface area contributed by atoms with Gasteiger partial charge in [-0.25, -0.2) is 4.98 Å². The molecular formula is C21H19N3O3S. The number of thiazole rings is 1. The van der Waals surface area contributed by atoms with Gasteiger partial charge in [-0.15, -0.1) is 0 Å². The van der Waals surface area contributed by atoms with Crippen molar-refractivity contribution in [2.45, 2.75) is 6.92 Å². The summed E-state index contributed by atoms with van der Waals surface area (Å²) >= 11 is 1.36. The minimum atomic E-state index is -0.208. The average Bonchev–Trinajstić information content (AvgIpc) is 3.28. The van der Waals surface area contributed by atoms with Crippen LogP contribution < -0.4 is 14.8 Å². The Morgan fingerprint density at radius 2 is 1.89 bits per heavy atom. The predicted octanol–water partition coefficient (Wildman–Crippen LogP) is 4.64. The normalized spacial score (nSPS) is 10.8. The molecule has 0 spiro atoms. The number of anilines is 1. The minimum absolute atomic E-state index is 0.208. The lowest BCUT2D eigenvalue weighted by Crippen LogP contribution is -2.12. The number of fused-ring (bicyclic) bond motifs is 1. The molecular weight excluding hydrogens is 374 g/mol. The van der Waals surface area contributed by atoms with Crippen molar-refractivity contribution in [2.24, 2.45) is 0 Å². The van der Waals surface area contributed by atoms with E-state index in [0.717, 1.165) is 21.9 Å². The highest BCUT2D eigenvalue weighted by molar-refractivity contribution is 7.19. The maximum Gasteiger partial charge on any atom is 0.267 e. The van der Waals surface area contributed by atoms with Crippen LogP contribution in [0, 0.1) is 6.92 Å². The Bertz CT molecular complexity index is 1150. The van der Waals surface area contributed by atoms with Crippen LogP contribution in [0.15, 0.2) is 54.7 Å². The Hall–Kier alpha value is -3.32. The molecule has 142 valence electrons. The number of nitrogens with zero attached hydrogens (tertiary/aromatic N) is 2. The van der Waals surface area contributed by atoms with E-state index in [4.69, 9.17) is 9.47 Å². The molecule has 2 aromatic carbocycles. The van der Waals surface area contributed by atoms with Crippen molar-refractivity contribution in [3.05, 3.63) is 65.3 Å². The Balaban J connectivity index is 1.65. The van der Waals surface area contributed by atoms with Gasteiger partial charge < -0.3 is 14.8 Å². The van der Waals surface area contributed by atoms with E-state index < -0.39 is 0 Å². The van der Waals surface area contributed by atoms with Gasteiger partial charge >= 0.3 is 0 Å². The fraction of sp³-hybridized carbons (Fsp3) is 0.143. The van der Waals surface area contributed by atoms with Crippen molar-refractivity contribution in [3.63, 3.8) is 0 Å². The topological polar surface area (TPSA) is 64.9 Å². The highest BCUT2D eigenvalue weighted by Crippen LogP contribution is 2.31.